The first kappa shape index (κ1) is 10.9. The lowest BCUT2D eigenvalue weighted by molar-refractivity contribution is 0.307. The molecule has 0 saturated heterocycles. The molecule has 1 aliphatic heterocycles. The first-order chi connectivity index (χ1) is 7.09. The molecule has 2 heterocycles. The van der Waals surface area contributed by atoms with Gasteiger partial charge in [-0.25, -0.2) is 0 Å². The van der Waals surface area contributed by atoms with E-state index in [0.717, 1.165) is 30.2 Å². The maximum absolute atomic E-state index is 6.41. The quantitative estimate of drug-likeness (QED) is 0.729. The molecular weight excluding hydrogens is 208 g/mol. The molecular formula is C12H17ClN2. The summed E-state index contributed by atoms with van der Waals surface area (Å²) in [5, 5.41) is 0.947. The van der Waals surface area contributed by atoms with Crippen LogP contribution in [0, 0.1) is 0 Å². The van der Waals surface area contributed by atoms with Gasteiger partial charge in [0, 0.05) is 19.3 Å². The summed E-state index contributed by atoms with van der Waals surface area (Å²) in [6, 6.07) is 0. The first-order valence-corrected chi connectivity index (χ1v) is 5.82. The lowest BCUT2D eigenvalue weighted by atomic mass is 9.98. The average Bonchev–Trinajstić information content (AvgIpc) is 2.17. The van der Waals surface area contributed by atoms with Crippen LogP contribution >= 0.6 is 11.6 Å². The van der Waals surface area contributed by atoms with Crippen molar-refractivity contribution in [1.29, 1.82) is 0 Å². The van der Waals surface area contributed by atoms with E-state index in [2.05, 4.69) is 30.8 Å². The standard InChI is InChI=1S/C12H17ClN2/c1-8(2)10-6-14-11-7-15(3)5-4-9(11)12(10)13/h6,8H,4-5,7H2,1-3H3. The number of hydrogen-bond acceptors (Lipinski definition) is 2. The second-order valence-corrected chi connectivity index (χ2v) is 4.97. The minimum Gasteiger partial charge on any atom is -0.300 e. The Bertz CT molecular complexity index is 374. The fourth-order valence-corrected chi connectivity index (χ4v) is 2.48. The summed E-state index contributed by atoms with van der Waals surface area (Å²) < 4.78 is 0. The second-order valence-electron chi connectivity index (χ2n) is 4.60. The maximum Gasteiger partial charge on any atom is 0.0591 e. The van der Waals surface area contributed by atoms with Crippen LogP contribution in [0.2, 0.25) is 5.02 Å². The van der Waals surface area contributed by atoms with Gasteiger partial charge in [0.25, 0.3) is 0 Å². The van der Waals surface area contributed by atoms with Gasteiger partial charge in [0.15, 0.2) is 0 Å². The van der Waals surface area contributed by atoms with E-state index >= 15 is 0 Å². The number of fused-ring (bicyclic) bond motifs is 1. The van der Waals surface area contributed by atoms with Crippen LogP contribution in [-0.2, 0) is 13.0 Å². The topological polar surface area (TPSA) is 16.1 Å². The first-order valence-electron chi connectivity index (χ1n) is 5.44. The number of hydrogen-bond donors (Lipinski definition) is 0. The number of rotatable bonds is 1. The largest absolute Gasteiger partial charge is 0.300 e. The molecule has 0 saturated carbocycles. The van der Waals surface area contributed by atoms with Crippen molar-refractivity contribution >= 4 is 11.6 Å². The molecule has 0 aliphatic carbocycles. The highest BCUT2D eigenvalue weighted by Gasteiger charge is 2.19. The molecule has 0 fully saturated rings. The third kappa shape index (κ3) is 2.01. The molecule has 0 spiro atoms. The number of nitrogens with zero attached hydrogens (tertiary/aromatic N) is 2. The Morgan fingerprint density at radius 2 is 2.20 bits per heavy atom. The fourth-order valence-electron chi connectivity index (χ4n) is 2.01. The molecule has 0 unspecified atom stereocenters. The van der Waals surface area contributed by atoms with E-state index < -0.39 is 0 Å². The third-order valence-electron chi connectivity index (χ3n) is 3.01. The molecule has 3 heteroatoms. The summed E-state index contributed by atoms with van der Waals surface area (Å²) in [5.41, 5.74) is 3.60. The molecule has 0 amide bonds. The summed E-state index contributed by atoms with van der Waals surface area (Å²) in [6.07, 6.45) is 2.96. The van der Waals surface area contributed by atoms with Gasteiger partial charge in [-0.1, -0.05) is 25.4 Å². The molecule has 82 valence electrons. The van der Waals surface area contributed by atoms with Gasteiger partial charge in [-0.3, -0.25) is 4.98 Å². The molecule has 1 aromatic rings. The van der Waals surface area contributed by atoms with Gasteiger partial charge in [0.2, 0.25) is 0 Å². The second kappa shape index (κ2) is 4.11. The average molecular weight is 225 g/mol. The van der Waals surface area contributed by atoms with Crippen LogP contribution in [0.3, 0.4) is 0 Å². The Hall–Kier alpha value is -0.600. The highest BCUT2D eigenvalue weighted by molar-refractivity contribution is 6.32. The van der Waals surface area contributed by atoms with Crippen LogP contribution in [0.25, 0.3) is 0 Å². The van der Waals surface area contributed by atoms with E-state index in [9.17, 15) is 0 Å². The lowest BCUT2D eigenvalue weighted by Gasteiger charge is -2.26. The van der Waals surface area contributed by atoms with E-state index in [-0.39, 0.29) is 0 Å². The highest BCUT2D eigenvalue weighted by Crippen LogP contribution is 2.31. The predicted molar refractivity (Wildman–Crippen MR) is 63.4 cm³/mol. The Labute approximate surface area is 96.3 Å². The Kier molecular flexibility index (Phi) is 2.98. The molecule has 0 atom stereocenters. The van der Waals surface area contributed by atoms with Gasteiger partial charge < -0.3 is 4.90 Å². The monoisotopic (exact) mass is 224 g/mol. The molecule has 2 rings (SSSR count). The normalized spacial score (nSPS) is 16.9. The van der Waals surface area contributed by atoms with E-state index in [1.54, 1.807) is 0 Å². The Morgan fingerprint density at radius 3 is 2.87 bits per heavy atom. The van der Waals surface area contributed by atoms with Crippen molar-refractivity contribution in [3.05, 3.63) is 28.0 Å². The van der Waals surface area contributed by atoms with Gasteiger partial charge in [-0.15, -0.1) is 0 Å². The zero-order chi connectivity index (χ0) is 11.0. The summed E-state index contributed by atoms with van der Waals surface area (Å²) in [4.78, 5) is 6.80. The van der Waals surface area contributed by atoms with Crippen LogP contribution in [0.5, 0.6) is 0 Å². The summed E-state index contributed by atoms with van der Waals surface area (Å²) in [7, 11) is 2.12. The highest BCUT2D eigenvalue weighted by atomic mass is 35.5. The minimum atomic E-state index is 0.454. The number of halogens is 1. The van der Waals surface area contributed by atoms with Gasteiger partial charge in [-0.05, 0) is 30.5 Å². The molecule has 0 N–H and O–H groups in total. The molecule has 15 heavy (non-hydrogen) atoms. The molecule has 2 nitrogen and oxygen atoms in total. The fraction of sp³-hybridized carbons (Fsp3) is 0.583. The van der Waals surface area contributed by atoms with Crippen molar-refractivity contribution in [2.45, 2.75) is 32.7 Å². The Balaban J connectivity index is 2.44. The van der Waals surface area contributed by atoms with Crippen LogP contribution in [-0.4, -0.2) is 23.5 Å². The maximum atomic E-state index is 6.41. The van der Waals surface area contributed by atoms with Gasteiger partial charge >= 0.3 is 0 Å². The van der Waals surface area contributed by atoms with Crippen molar-refractivity contribution in [3.63, 3.8) is 0 Å². The molecule has 1 aromatic heterocycles. The SMILES string of the molecule is CC(C)c1cnc2c(c1Cl)CCN(C)C2. The predicted octanol–water partition coefficient (Wildman–Crippen LogP) is 2.85. The van der Waals surface area contributed by atoms with Crippen LogP contribution in [0.4, 0.5) is 0 Å². The zero-order valence-corrected chi connectivity index (χ0v) is 10.3. The van der Waals surface area contributed by atoms with Crippen molar-refractivity contribution < 1.29 is 0 Å². The van der Waals surface area contributed by atoms with E-state index in [0.29, 0.717) is 5.92 Å². The third-order valence-corrected chi connectivity index (χ3v) is 3.46. The van der Waals surface area contributed by atoms with Crippen LogP contribution in [0.15, 0.2) is 6.20 Å². The van der Waals surface area contributed by atoms with E-state index in [1.807, 2.05) is 6.20 Å². The lowest BCUT2D eigenvalue weighted by Crippen LogP contribution is -2.27. The van der Waals surface area contributed by atoms with Crippen molar-refractivity contribution in [1.82, 2.24) is 9.88 Å². The van der Waals surface area contributed by atoms with Crippen molar-refractivity contribution in [2.24, 2.45) is 0 Å². The number of aromatic nitrogens is 1. The summed E-state index contributed by atoms with van der Waals surface area (Å²) in [6.45, 7) is 6.32. The van der Waals surface area contributed by atoms with Crippen molar-refractivity contribution in [3.8, 4) is 0 Å². The molecule has 0 aromatic carbocycles. The molecule has 1 aliphatic rings. The summed E-state index contributed by atoms with van der Waals surface area (Å²) in [5.74, 6) is 0.454. The smallest absolute Gasteiger partial charge is 0.0591 e. The van der Waals surface area contributed by atoms with E-state index in [4.69, 9.17) is 11.6 Å². The minimum absolute atomic E-state index is 0.454. The Morgan fingerprint density at radius 1 is 1.47 bits per heavy atom. The number of pyridine rings is 1. The summed E-state index contributed by atoms with van der Waals surface area (Å²) >= 11 is 6.41. The molecule has 0 bridgehead atoms. The number of likely N-dealkylation sites (N-methyl/N-ethyl adjacent to an activating group) is 1. The van der Waals surface area contributed by atoms with Crippen LogP contribution < -0.4 is 0 Å². The van der Waals surface area contributed by atoms with Gasteiger partial charge in [-0.2, -0.15) is 0 Å². The van der Waals surface area contributed by atoms with Gasteiger partial charge in [0.05, 0.1) is 10.7 Å². The zero-order valence-electron chi connectivity index (χ0n) is 9.55. The van der Waals surface area contributed by atoms with Crippen molar-refractivity contribution in [2.75, 3.05) is 13.6 Å². The molecule has 0 radical (unpaired) electrons. The van der Waals surface area contributed by atoms with Crippen LogP contribution in [0.1, 0.15) is 36.6 Å². The van der Waals surface area contributed by atoms with Gasteiger partial charge in [0.1, 0.15) is 0 Å². The van der Waals surface area contributed by atoms with E-state index in [1.165, 1.54) is 11.1 Å².